The van der Waals surface area contributed by atoms with Gasteiger partial charge in [-0.3, -0.25) is 9.10 Å². The van der Waals surface area contributed by atoms with E-state index in [-0.39, 0.29) is 17.3 Å². The van der Waals surface area contributed by atoms with Crippen molar-refractivity contribution in [2.75, 3.05) is 10.8 Å². The molecule has 1 amide bonds. The molecule has 0 saturated carbocycles. The number of nitrogens with one attached hydrogen (secondary N) is 1. The fourth-order valence-electron chi connectivity index (χ4n) is 2.88. The third-order valence-corrected chi connectivity index (χ3v) is 6.20. The average molecular weight is 412 g/mol. The van der Waals surface area contributed by atoms with Crippen LogP contribution in [0.15, 0.2) is 89.8 Å². The third kappa shape index (κ3) is 5.00. The van der Waals surface area contributed by atoms with E-state index in [1.54, 1.807) is 67.6 Å². The summed E-state index contributed by atoms with van der Waals surface area (Å²) in [4.78, 5) is 12.8. The van der Waals surface area contributed by atoms with Gasteiger partial charge in [-0.2, -0.15) is 0 Å². The lowest BCUT2D eigenvalue weighted by molar-refractivity contribution is -0.120. The minimum atomic E-state index is -3.93. The third-order valence-electron chi connectivity index (χ3n) is 4.41. The minimum Gasteiger partial charge on any atom is -0.348 e. The second-order valence-corrected chi connectivity index (χ2v) is 8.36. The van der Waals surface area contributed by atoms with Crippen molar-refractivity contribution in [2.24, 2.45) is 0 Å². The molecule has 3 aromatic rings. The Kier molecular flexibility index (Phi) is 6.29. The Morgan fingerprint density at radius 2 is 1.48 bits per heavy atom. The first-order chi connectivity index (χ1) is 13.9. The molecule has 0 aliphatic carbocycles. The van der Waals surface area contributed by atoms with Gasteiger partial charge < -0.3 is 5.32 Å². The number of rotatable bonds is 7. The number of amides is 1. The summed E-state index contributed by atoms with van der Waals surface area (Å²) in [6, 6.07) is 21.8. The van der Waals surface area contributed by atoms with Crippen molar-refractivity contribution < 1.29 is 17.6 Å². The summed E-state index contributed by atoms with van der Waals surface area (Å²) in [6.07, 6.45) is 0. The molecular formula is C22H21FN2O3S. The van der Waals surface area contributed by atoms with Crippen molar-refractivity contribution in [3.63, 3.8) is 0 Å². The smallest absolute Gasteiger partial charge is 0.264 e. The average Bonchev–Trinajstić information content (AvgIpc) is 2.73. The van der Waals surface area contributed by atoms with Crippen molar-refractivity contribution >= 4 is 21.6 Å². The van der Waals surface area contributed by atoms with Crippen molar-refractivity contribution in [2.45, 2.75) is 17.9 Å². The van der Waals surface area contributed by atoms with Gasteiger partial charge in [-0.05, 0) is 48.9 Å². The first kappa shape index (κ1) is 20.5. The molecule has 3 aromatic carbocycles. The predicted octanol–water partition coefficient (Wildman–Crippen LogP) is 3.90. The van der Waals surface area contributed by atoms with Gasteiger partial charge in [-0.25, -0.2) is 12.8 Å². The summed E-state index contributed by atoms with van der Waals surface area (Å²) >= 11 is 0. The van der Waals surface area contributed by atoms with Crippen LogP contribution < -0.4 is 9.62 Å². The van der Waals surface area contributed by atoms with Crippen LogP contribution in [0.1, 0.15) is 18.5 Å². The normalized spacial score (nSPS) is 12.2. The van der Waals surface area contributed by atoms with Crippen LogP contribution in [0, 0.1) is 5.82 Å². The fourth-order valence-corrected chi connectivity index (χ4v) is 4.32. The second-order valence-electron chi connectivity index (χ2n) is 6.50. The summed E-state index contributed by atoms with van der Waals surface area (Å²) in [5, 5.41) is 2.77. The van der Waals surface area contributed by atoms with E-state index in [0.717, 1.165) is 9.87 Å². The molecule has 0 unspecified atom stereocenters. The predicted molar refractivity (Wildman–Crippen MR) is 110 cm³/mol. The Hall–Kier alpha value is -3.19. The molecule has 150 valence electrons. The van der Waals surface area contributed by atoms with Gasteiger partial charge in [0, 0.05) is 0 Å². The maximum atomic E-state index is 13.2. The lowest BCUT2D eigenvalue weighted by Crippen LogP contribution is -2.41. The van der Waals surface area contributed by atoms with Crippen molar-refractivity contribution in [3.05, 3.63) is 96.3 Å². The van der Waals surface area contributed by atoms with Crippen LogP contribution in [0.25, 0.3) is 0 Å². The zero-order valence-electron chi connectivity index (χ0n) is 15.8. The van der Waals surface area contributed by atoms with E-state index in [1.165, 1.54) is 24.3 Å². The van der Waals surface area contributed by atoms with Crippen LogP contribution >= 0.6 is 0 Å². The largest absolute Gasteiger partial charge is 0.348 e. The molecule has 0 aromatic heterocycles. The van der Waals surface area contributed by atoms with Crippen LogP contribution in [0.3, 0.4) is 0 Å². The number of carbonyl (C=O) groups is 1. The van der Waals surface area contributed by atoms with E-state index >= 15 is 0 Å². The Labute approximate surface area is 169 Å². The van der Waals surface area contributed by atoms with Crippen molar-refractivity contribution in [1.82, 2.24) is 5.32 Å². The summed E-state index contributed by atoms with van der Waals surface area (Å²) in [6.45, 7) is 1.37. The highest BCUT2D eigenvalue weighted by molar-refractivity contribution is 7.92. The van der Waals surface area contributed by atoms with Gasteiger partial charge in [0.2, 0.25) is 5.91 Å². The van der Waals surface area contributed by atoms with E-state index in [9.17, 15) is 17.6 Å². The Morgan fingerprint density at radius 1 is 0.931 bits per heavy atom. The van der Waals surface area contributed by atoms with E-state index in [1.807, 2.05) is 0 Å². The van der Waals surface area contributed by atoms with Gasteiger partial charge in [0.05, 0.1) is 16.6 Å². The van der Waals surface area contributed by atoms with Gasteiger partial charge in [-0.15, -0.1) is 0 Å². The summed E-state index contributed by atoms with van der Waals surface area (Å²) in [5.74, 6) is -0.832. The second kappa shape index (κ2) is 8.87. The lowest BCUT2D eigenvalue weighted by atomic mass is 10.1. The number of hydrogen-bond acceptors (Lipinski definition) is 3. The van der Waals surface area contributed by atoms with Crippen LogP contribution in [0.2, 0.25) is 0 Å². The maximum absolute atomic E-state index is 13.2. The molecule has 29 heavy (non-hydrogen) atoms. The number of halogens is 1. The van der Waals surface area contributed by atoms with Gasteiger partial charge in [0.15, 0.2) is 0 Å². The van der Waals surface area contributed by atoms with Crippen molar-refractivity contribution in [3.8, 4) is 0 Å². The molecule has 1 N–H and O–H groups in total. The van der Waals surface area contributed by atoms with Crippen LogP contribution in [0.4, 0.5) is 10.1 Å². The topological polar surface area (TPSA) is 66.5 Å². The van der Waals surface area contributed by atoms with Crippen LogP contribution in [-0.4, -0.2) is 20.9 Å². The fraction of sp³-hybridized carbons (Fsp3) is 0.136. The Bertz CT molecular complexity index is 1060. The molecule has 0 fully saturated rings. The number of carbonyl (C=O) groups excluding carboxylic acids is 1. The molecule has 0 radical (unpaired) electrons. The highest BCUT2D eigenvalue weighted by atomic mass is 32.2. The molecule has 0 aliphatic heterocycles. The molecule has 0 heterocycles. The van der Waals surface area contributed by atoms with Crippen molar-refractivity contribution in [1.29, 1.82) is 0 Å². The summed E-state index contributed by atoms with van der Waals surface area (Å²) in [7, 11) is -3.93. The number of anilines is 1. The quantitative estimate of drug-likeness (QED) is 0.640. The monoisotopic (exact) mass is 412 g/mol. The zero-order chi connectivity index (χ0) is 20.9. The molecule has 7 heteroatoms. The van der Waals surface area contributed by atoms with Crippen LogP contribution in [-0.2, 0) is 14.8 Å². The van der Waals surface area contributed by atoms with E-state index in [0.29, 0.717) is 5.69 Å². The number of sulfonamides is 1. The molecule has 0 bridgehead atoms. The molecular weight excluding hydrogens is 391 g/mol. The standard InChI is InChI=1S/C22H21FN2O3S/c1-17(18-12-14-19(23)15-13-18)24-22(26)16-25(20-8-4-2-5-9-20)29(27,28)21-10-6-3-7-11-21/h2-15,17H,16H2,1H3,(H,24,26)/t17-/m1/s1. The number of benzene rings is 3. The molecule has 0 saturated heterocycles. The van der Waals surface area contributed by atoms with E-state index in [2.05, 4.69) is 5.32 Å². The lowest BCUT2D eigenvalue weighted by Gasteiger charge is -2.25. The SMILES string of the molecule is C[C@@H](NC(=O)CN(c1ccccc1)S(=O)(=O)c1ccccc1)c1ccc(F)cc1. The summed E-state index contributed by atoms with van der Waals surface area (Å²) in [5.41, 5.74) is 1.11. The first-order valence-electron chi connectivity index (χ1n) is 9.05. The molecule has 0 aliphatic rings. The first-order valence-corrected chi connectivity index (χ1v) is 10.5. The Morgan fingerprint density at radius 3 is 2.07 bits per heavy atom. The van der Waals surface area contributed by atoms with Gasteiger partial charge in [0.25, 0.3) is 10.0 Å². The molecule has 0 spiro atoms. The molecule has 1 atom stereocenters. The number of hydrogen-bond donors (Lipinski definition) is 1. The number of para-hydroxylation sites is 1. The maximum Gasteiger partial charge on any atom is 0.264 e. The highest BCUT2D eigenvalue weighted by Gasteiger charge is 2.27. The van der Waals surface area contributed by atoms with Gasteiger partial charge >= 0.3 is 0 Å². The van der Waals surface area contributed by atoms with E-state index in [4.69, 9.17) is 0 Å². The van der Waals surface area contributed by atoms with Crippen LogP contribution in [0.5, 0.6) is 0 Å². The minimum absolute atomic E-state index is 0.100. The highest BCUT2D eigenvalue weighted by Crippen LogP contribution is 2.23. The summed E-state index contributed by atoms with van der Waals surface area (Å²) < 4.78 is 40.5. The molecule has 3 rings (SSSR count). The van der Waals surface area contributed by atoms with Gasteiger partial charge in [0.1, 0.15) is 12.4 Å². The molecule has 5 nitrogen and oxygen atoms in total. The Balaban J connectivity index is 1.84. The van der Waals surface area contributed by atoms with Gasteiger partial charge in [-0.1, -0.05) is 48.5 Å². The van der Waals surface area contributed by atoms with E-state index < -0.39 is 22.0 Å². The number of nitrogens with zero attached hydrogens (tertiary/aromatic N) is 1. The zero-order valence-corrected chi connectivity index (χ0v) is 16.6.